The average Bonchev–Trinajstić information content (AvgIpc) is 2.36. The summed E-state index contributed by atoms with van der Waals surface area (Å²) in [5.41, 5.74) is 4.36. The van der Waals surface area contributed by atoms with Crippen LogP contribution in [0, 0.1) is 5.41 Å². The van der Waals surface area contributed by atoms with E-state index in [9.17, 15) is 18.0 Å². The van der Waals surface area contributed by atoms with Gasteiger partial charge in [-0.15, -0.1) is 0 Å². The Labute approximate surface area is 105 Å². The summed E-state index contributed by atoms with van der Waals surface area (Å²) < 4.78 is 37.3. The number of hydrogen-bond donors (Lipinski definition) is 1. The maximum atomic E-state index is 12.4. The van der Waals surface area contributed by atoms with E-state index in [1.807, 2.05) is 6.92 Å². The van der Waals surface area contributed by atoms with Crippen molar-refractivity contribution in [2.24, 2.45) is 11.1 Å². The third kappa shape index (κ3) is 3.04. The molecule has 104 valence electrons. The SMILES string of the molecule is CCC(C)(CN)C(=O)N1CC=C(C(F)(F)F)CC1. The molecule has 1 aliphatic rings. The van der Waals surface area contributed by atoms with Crippen LogP contribution in [0.15, 0.2) is 11.6 Å². The van der Waals surface area contributed by atoms with Crippen LogP contribution in [0.4, 0.5) is 13.2 Å². The molecule has 0 aromatic heterocycles. The third-order valence-electron chi connectivity index (χ3n) is 3.61. The van der Waals surface area contributed by atoms with Crippen LogP contribution >= 0.6 is 0 Å². The van der Waals surface area contributed by atoms with Crippen LogP contribution in [-0.4, -0.2) is 36.6 Å². The zero-order chi connectivity index (χ0) is 14.0. The molecule has 0 aromatic carbocycles. The van der Waals surface area contributed by atoms with Crippen LogP contribution < -0.4 is 5.73 Å². The number of carbonyl (C=O) groups is 1. The first-order valence-electron chi connectivity index (χ1n) is 6.00. The number of hydrogen-bond acceptors (Lipinski definition) is 2. The van der Waals surface area contributed by atoms with Gasteiger partial charge in [0.15, 0.2) is 0 Å². The van der Waals surface area contributed by atoms with Gasteiger partial charge in [-0.05, 0) is 19.8 Å². The van der Waals surface area contributed by atoms with Crippen LogP contribution in [0.5, 0.6) is 0 Å². The van der Waals surface area contributed by atoms with Gasteiger partial charge in [0.05, 0.1) is 5.41 Å². The molecule has 0 spiro atoms. The van der Waals surface area contributed by atoms with Crippen LogP contribution in [-0.2, 0) is 4.79 Å². The van der Waals surface area contributed by atoms with Crippen molar-refractivity contribution in [3.05, 3.63) is 11.6 Å². The lowest BCUT2D eigenvalue weighted by molar-refractivity contribution is -0.141. The van der Waals surface area contributed by atoms with Crippen molar-refractivity contribution in [2.75, 3.05) is 19.6 Å². The number of amides is 1. The summed E-state index contributed by atoms with van der Waals surface area (Å²) in [6.07, 6.45) is -2.75. The van der Waals surface area contributed by atoms with Gasteiger partial charge in [-0.1, -0.05) is 13.0 Å². The van der Waals surface area contributed by atoms with Gasteiger partial charge in [0.2, 0.25) is 5.91 Å². The lowest BCUT2D eigenvalue weighted by Crippen LogP contribution is -2.48. The number of halogens is 3. The number of rotatable bonds is 3. The van der Waals surface area contributed by atoms with E-state index >= 15 is 0 Å². The smallest absolute Gasteiger partial charge is 0.338 e. The first-order valence-corrected chi connectivity index (χ1v) is 6.00. The fourth-order valence-electron chi connectivity index (χ4n) is 1.88. The highest BCUT2D eigenvalue weighted by molar-refractivity contribution is 5.83. The number of alkyl halides is 3. The van der Waals surface area contributed by atoms with Crippen molar-refractivity contribution in [1.82, 2.24) is 4.90 Å². The molecule has 2 N–H and O–H groups in total. The van der Waals surface area contributed by atoms with Gasteiger partial charge in [0.1, 0.15) is 0 Å². The molecule has 6 heteroatoms. The summed E-state index contributed by atoms with van der Waals surface area (Å²) in [5, 5.41) is 0. The van der Waals surface area contributed by atoms with Crippen LogP contribution in [0.3, 0.4) is 0 Å². The Kier molecular flexibility index (Phi) is 4.42. The molecule has 0 saturated carbocycles. The van der Waals surface area contributed by atoms with Crippen molar-refractivity contribution in [2.45, 2.75) is 32.9 Å². The van der Waals surface area contributed by atoms with Crippen molar-refractivity contribution < 1.29 is 18.0 Å². The second kappa shape index (κ2) is 5.30. The van der Waals surface area contributed by atoms with Crippen LogP contribution in [0.25, 0.3) is 0 Å². The van der Waals surface area contributed by atoms with Gasteiger partial charge in [-0.25, -0.2) is 0 Å². The molecule has 0 radical (unpaired) electrons. The second-order valence-corrected chi connectivity index (χ2v) is 4.85. The Morgan fingerprint density at radius 3 is 2.44 bits per heavy atom. The molecule has 1 unspecified atom stereocenters. The molecule has 1 atom stereocenters. The molecule has 0 bridgehead atoms. The molecule has 0 aliphatic carbocycles. The predicted octanol–water partition coefficient (Wildman–Crippen LogP) is 2.08. The molecule has 1 amide bonds. The largest absolute Gasteiger partial charge is 0.412 e. The van der Waals surface area contributed by atoms with Gasteiger partial charge < -0.3 is 10.6 Å². The van der Waals surface area contributed by atoms with E-state index in [1.165, 1.54) is 4.90 Å². The van der Waals surface area contributed by atoms with E-state index in [0.717, 1.165) is 6.08 Å². The van der Waals surface area contributed by atoms with E-state index in [2.05, 4.69) is 0 Å². The molecule has 1 heterocycles. The summed E-state index contributed by atoms with van der Waals surface area (Å²) in [5.74, 6) is -0.162. The van der Waals surface area contributed by atoms with Gasteiger partial charge in [-0.2, -0.15) is 13.2 Å². The minimum atomic E-state index is -4.28. The lowest BCUT2D eigenvalue weighted by atomic mass is 9.85. The molecule has 0 saturated heterocycles. The van der Waals surface area contributed by atoms with E-state index < -0.39 is 17.2 Å². The lowest BCUT2D eigenvalue weighted by Gasteiger charge is -2.35. The van der Waals surface area contributed by atoms with Crippen LogP contribution in [0.2, 0.25) is 0 Å². The predicted molar refractivity (Wildman–Crippen MR) is 62.8 cm³/mol. The quantitative estimate of drug-likeness (QED) is 0.793. The Morgan fingerprint density at radius 1 is 1.50 bits per heavy atom. The minimum absolute atomic E-state index is 0.0171. The average molecular weight is 264 g/mol. The number of nitrogens with two attached hydrogens (primary N) is 1. The van der Waals surface area contributed by atoms with Gasteiger partial charge in [0.25, 0.3) is 0 Å². The van der Waals surface area contributed by atoms with E-state index in [0.29, 0.717) is 6.42 Å². The summed E-state index contributed by atoms with van der Waals surface area (Å²) >= 11 is 0. The van der Waals surface area contributed by atoms with Gasteiger partial charge in [0, 0.05) is 25.2 Å². The monoisotopic (exact) mass is 264 g/mol. The molecule has 0 aromatic rings. The molecular formula is C12H19F3N2O. The fourth-order valence-corrected chi connectivity index (χ4v) is 1.88. The van der Waals surface area contributed by atoms with Gasteiger partial charge >= 0.3 is 6.18 Å². The topological polar surface area (TPSA) is 46.3 Å². The number of carbonyl (C=O) groups excluding carboxylic acids is 1. The summed E-state index contributed by atoms with van der Waals surface area (Å²) in [7, 11) is 0. The normalized spacial score (nSPS) is 20.3. The Balaban J connectivity index is 2.74. The molecule has 3 nitrogen and oxygen atoms in total. The van der Waals surface area contributed by atoms with E-state index in [4.69, 9.17) is 5.73 Å². The highest BCUT2D eigenvalue weighted by Gasteiger charge is 2.38. The van der Waals surface area contributed by atoms with Crippen molar-refractivity contribution in [3.63, 3.8) is 0 Å². The van der Waals surface area contributed by atoms with Crippen molar-refractivity contribution in [3.8, 4) is 0 Å². The Morgan fingerprint density at radius 2 is 2.11 bits per heavy atom. The highest BCUT2D eigenvalue weighted by atomic mass is 19.4. The summed E-state index contributed by atoms with van der Waals surface area (Å²) in [6, 6.07) is 0. The molecule has 1 aliphatic heterocycles. The molecular weight excluding hydrogens is 245 g/mol. The van der Waals surface area contributed by atoms with Crippen LogP contribution in [0.1, 0.15) is 26.7 Å². The number of nitrogens with zero attached hydrogens (tertiary/aromatic N) is 1. The fraction of sp³-hybridized carbons (Fsp3) is 0.750. The first kappa shape index (κ1) is 15.0. The summed E-state index contributed by atoms with van der Waals surface area (Å²) in [4.78, 5) is 13.6. The zero-order valence-electron chi connectivity index (χ0n) is 10.7. The van der Waals surface area contributed by atoms with Crippen molar-refractivity contribution >= 4 is 5.91 Å². The van der Waals surface area contributed by atoms with Gasteiger partial charge in [-0.3, -0.25) is 4.79 Å². The molecule has 18 heavy (non-hydrogen) atoms. The van der Waals surface area contributed by atoms with E-state index in [1.54, 1.807) is 6.92 Å². The maximum absolute atomic E-state index is 12.4. The molecule has 1 rings (SSSR count). The minimum Gasteiger partial charge on any atom is -0.338 e. The van der Waals surface area contributed by atoms with Crippen molar-refractivity contribution in [1.29, 1.82) is 0 Å². The highest BCUT2D eigenvalue weighted by Crippen LogP contribution is 2.31. The Bertz CT molecular complexity index is 346. The standard InChI is InChI=1S/C12H19F3N2O/c1-3-11(2,8-16)10(18)17-6-4-9(5-7-17)12(13,14)15/h4H,3,5-8,16H2,1-2H3. The van der Waals surface area contributed by atoms with E-state index in [-0.39, 0.29) is 32.0 Å². The zero-order valence-corrected chi connectivity index (χ0v) is 10.7. The molecule has 0 fully saturated rings. The summed E-state index contributed by atoms with van der Waals surface area (Å²) in [6.45, 7) is 3.93. The maximum Gasteiger partial charge on any atom is 0.412 e. The first-order chi connectivity index (χ1) is 8.24. The Hall–Kier alpha value is -1.04. The second-order valence-electron chi connectivity index (χ2n) is 4.85. The third-order valence-corrected chi connectivity index (χ3v) is 3.61.